The van der Waals surface area contributed by atoms with Crippen LogP contribution >= 0.6 is 0 Å². The monoisotopic (exact) mass is 309 g/mol. The molecule has 7 heteroatoms. The third kappa shape index (κ3) is 5.44. The van der Waals surface area contributed by atoms with Crippen molar-refractivity contribution >= 4 is 10.0 Å². The average Bonchev–Trinajstić information content (AvgIpc) is 2.48. The van der Waals surface area contributed by atoms with E-state index < -0.39 is 10.0 Å². The van der Waals surface area contributed by atoms with Crippen molar-refractivity contribution in [3.05, 3.63) is 35.4 Å². The van der Waals surface area contributed by atoms with E-state index in [4.69, 9.17) is 10.00 Å². The molecule has 0 aliphatic carbocycles. The molecule has 1 aliphatic heterocycles. The highest BCUT2D eigenvalue weighted by Gasteiger charge is 2.14. The Hall–Kier alpha value is -1.46. The lowest BCUT2D eigenvalue weighted by atomic mass is 10.2. The SMILES string of the molecule is N#Cc1ccc(CS(=O)(=O)NCCN2CCOCC2)cc1. The number of nitriles is 1. The third-order valence-corrected chi connectivity index (χ3v) is 4.65. The van der Waals surface area contributed by atoms with E-state index in [2.05, 4.69) is 9.62 Å². The fourth-order valence-corrected chi connectivity index (χ4v) is 3.27. The maximum atomic E-state index is 12.0. The van der Waals surface area contributed by atoms with Gasteiger partial charge in [-0.2, -0.15) is 5.26 Å². The number of hydrogen-bond acceptors (Lipinski definition) is 5. The third-order valence-electron chi connectivity index (χ3n) is 3.29. The van der Waals surface area contributed by atoms with Crippen LogP contribution in [0.5, 0.6) is 0 Å². The molecule has 0 atom stereocenters. The first-order valence-corrected chi connectivity index (χ1v) is 8.51. The minimum Gasteiger partial charge on any atom is -0.379 e. The van der Waals surface area contributed by atoms with Gasteiger partial charge < -0.3 is 4.74 Å². The van der Waals surface area contributed by atoms with Crippen molar-refractivity contribution in [2.24, 2.45) is 0 Å². The Morgan fingerprint density at radius 1 is 1.24 bits per heavy atom. The van der Waals surface area contributed by atoms with Gasteiger partial charge in [-0.05, 0) is 17.7 Å². The average molecular weight is 309 g/mol. The highest BCUT2D eigenvalue weighted by Crippen LogP contribution is 2.07. The van der Waals surface area contributed by atoms with E-state index in [9.17, 15) is 8.42 Å². The summed E-state index contributed by atoms with van der Waals surface area (Å²) < 4.78 is 31.8. The molecule has 0 amide bonds. The van der Waals surface area contributed by atoms with Gasteiger partial charge in [-0.3, -0.25) is 4.90 Å². The summed E-state index contributed by atoms with van der Waals surface area (Å²) in [6, 6.07) is 8.59. The van der Waals surface area contributed by atoms with Crippen molar-refractivity contribution in [2.45, 2.75) is 5.75 Å². The highest BCUT2D eigenvalue weighted by molar-refractivity contribution is 7.88. The lowest BCUT2D eigenvalue weighted by molar-refractivity contribution is 0.0390. The second kappa shape index (κ2) is 7.52. The van der Waals surface area contributed by atoms with Crippen LogP contribution in [0.15, 0.2) is 24.3 Å². The number of nitrogens with one attached hydrogen (secondary N) is 1. The molecule has 1 saturated heterocycles. The van der Waals surface area contributed by atoms with E-state index in [1.807, 2.05) is 6.07 Å². The van der Waals surface area contributed by atoms with E-state index in [1.165, 1.54) is 0 Å². The van der Waals surface area contributed by atoms with E-state index in [1.54, 1.807) is 24.3 Å². The highest BCUT2D eigenvalue weighted by atomic mass is 32.2. The number of nitrogens with zero attached hydrogens (tertiary/aromatic N) is 2. The Morgan fingerprint density at radius 2 is 1.90 bits per heavy atom. The molecular formula is C14H19N3O3S. The molecule has 1 N–H and O–H groups in total. The zero-order valence-electron chi connectivity index (χ0n) is 11.8. The topological polar surface area (TPSA) is 82.4 Å². The Labute approximate surface area is 125 Å². The van der Waals surface area contributed by atoms with Crippen LogP contribution in [0.3, 0.4) is 0 Å². The molecule has 1 aromatic rings. The van der Waals surface area contributed by atoms with Crippen LogP contribution in [0.2, 0.25) is 0 Å². The zero-order valence-corrected chi connectivity index (χ0v) is 12.6. The van der Waals surface area contributed by atoms with Crippen molar-refractivity contribution in [1.82, 2.24) is 9.62 Å². The fraction of sp³-hybridized carbons (Fsp3) is 0.500. The molecule has 0 saturated carbocycles. The molecular weight excluding hydrogens is 290 g/mol. The second-order valence-electron chi connectivity index (χ2n) is 4.92. The zero-order chi connectivity index (χ0) is 15.1. The molecule has 1 aliphatic rings. The summed E-state index contributed by atoms with van der Waals surface area (Å²) >= 11 is 0. The summed E-state index contributed by atoms with van der Waals surface area (Å²) in [7, 11) is -3.35. The van der Waals surface area contributed by atoms with Crippen LogP contribution in [0.1, 0.15) is 11.1 Å². The summed E-state index contributed by atoms with van der Waals surface area (Å²) in [6.45, 7) is 4.19. The summed E-state index contributed by atoms with van der Waals surface area (Å²) in [5.74, 6) is -0.0676. The molecule has 0 aromatic heterocycles. The first-order chi connectivity index (χ1) is 10.1. The fourth-order valence-electron chi connectivity index (χ4n) is 2.13. The van der Waals surface area contributed by atoms with E-state index >= 15 is 0 Å². The number of benzene rings is 1. The van der Waals surface area contributed by atoms with E-state index in [0.29, 0.717) is 37.4 Å². The quantitative estimate of drug-likeness (QED) is 0.818. The first kappa shape index (κ1) is 15.9. The van der Waals surface area contributed by atoms with Gasteiger partial charge in [-0.1, -0.05) is 12.1 Å². The van der Waals surface area contributed by atoms with Crippen molar-refractivity contribution < 1.29 is 13.2 Å². The van der Waals surface area contributed by atoms with Crippen LogP contribution < -0.4 is 4.72 Å². The Kier molecular flexibility index (Phi) is 5.70. The number of morpholine rings is 1. The maximum Gasteiger partial charge on any atom is 0.215 e. The molecule has 1 heterocycles. The smallest absolute Gasteiger partial charge is 0.215 e. The normalized spacial score (nSPS) is 16.5. The van der Waals surface area contributed by atoms with E-state index in [0.717, 1.165) is 13.1 Å². The standard InChI is InChI=1S/C14H19N3O3S/c15-11-13-1-3-14(4-2-13)12-21(18,19)16-5-6-17-7-9-20-10-8-17/h1-4,16H,5-10,12H2. The van der Waals surface area contributed by atoms with Gasteiger partial charge in [-0.25, -0.2) is 13.1 Å². The Morgan fingerprint density at radius 3 is 2.52 bits per heavy atom. The summed E-state index contributed by atoms with van der Waals surface area (Å²) in [6.07, 6.45) is 0. The van der Waals surface area contributed by atoms with Crippen molar-refractivity contribution in [1.29, 1.82) is 5.26 Å². The van der Waals surface area contributed by atoms with Gasteiger partial charge in [0.15, 0.2) is 0 Å². The summed E-state index contributed by atoms with van der Waals surface area (Å²) in [5.41, 5.74) is 1.20. The Balaban J connectivity index is 1.79. The molecule has 0 unspecified atom stereocenters. The number of sulfonamides is 1. The van der Waals surface area contributed by atoms with Crippen molar-refractivity contribution in [3.63, 3.8) is 0 Å². The van der Waals surface area contributed by atoms with Crippen LogP contribution in [0, 0.1) is 11.3 Å². The number of ether oxygens (including phenoxy) is 1. The first-order valence-electron chi connectivity index (χ1n) is 6.85. The summed E-state index contributed by atoms with van der Waals surface area (Å²) in [4.78, 5) is 2.17. The lowest BCUT2D eigenvalue weighted by Crippen LogP contribution is -2.41. The van der Waals surface area contributed by atoms with Gasteiger partial charge in [0.2, 0.25) is 10.0 Å². The lowest BCUT2D eigenvalue weighted by Gasteiger charge is -2.26. The second-order valence-corrected chi connectivity index (χ2v) is 6.72. The van der Waals surface area contributed by atoms with Gasteiger partial charge in [0.05, 0.1) is 30.6 Å². The van der Waals surface area contributed by atoms with Gasteiger partial charge in [0.25, 0.3) is 0 Å². The van der Waals surface area contributed by atoms with Crippen LogP contribution in [0.25, 0.3) is 0 Å². The van der Waals surface area contributed by atoms with Crippen molar-refractivity contribution in [3.8, 4) is 6.07 Å². The van der Waals surface area contributed by atoms with Crippen molar-refractivity contribution in [2.75, 3.05) is 39.4 Å². The molecule has 1 aromatic carbocycles. The molecule has 21 heavy (non-hydrogen) atoms. The van der Waals surface area contributed by atoms with Gasteiger partial charge >= 0.3 is 0 Å². The van der Waals surface area contributed by atoms with Gasteiger partial charge in [0.1, 0.15) is 0 Å². The molecule has 0 bridgehead atoms. The largest absolute Gasteiger partial charge is 0.379 e. The van der Waals surface area contributed by atoms with Crippen LogP contribution in [-0.4, -0.2) is 52.7 Å². The summed E-state index contributed by atoms with van der Waals surface area (Å²) in [5, 5.41) is 8.71. The number of rotatable bonds is 6. The van der Waals surface area contributed by atoms with E-state index in [-0.39, 0.29) is 5.75 Å². The minimum atomic E-state index is -3.35. The molecule has 1 fully saturated rings. The van der Waals surface area contributed by atoms with Gasteiger partial charge in [0, 0.05) is 26.2 Å². The predicted octanol–water partition coefficient (Wildman–Crippen LogP) is 0.310. The van der Waals surface area contributed by atoms with Crippen LogP contribution in [0.4, 0.5) is 0 Å². The Bertz CT molecular complexity index is 587. The predicted molar refractivity (Wildman–Crippen MR) is 79.0 cm³/mol. The molecule has 114 valence electrons. The maximum absolute atomic E-state index is 12.0. The minimum absolute atomic E-state index is 0.0676. The molecule has 0 spiro atoms. The molecule has 0 radical (unpaired) electrons. The number of hydrogen-bond donors (Lipinski definition) is 1. The molecule has 6 nitrogen and oxygen atoms in total. The van der Waals surface area contributed by atoms with Gasteiger partial charge in [-0.15, -0.1) is 0 Å². The van der Waals surface area contributed by atoms with Crippen LogP contribution in [-0.2, 0) is 20.5 Å². The molecule has 2 rings (SSSR count).